The monoisotopic (exact) mass is 319 g/mol. The molecule has 6 heteroatoms. The highest BCUT2D eigenvalue weighted by Gasteiger charge is 2.28. The van der Waals surface area contributed by atoms with Crippen molar-refractivity contribution in [3.8, 4) is 11.8 Å². The molecule has 0 spiro atoms. The summed E-state index contributed by atoms with van der Waals surface area (Å²) < 4.78 is 11.1. The number of hydrogen-bond acceptors (Lipinski definition) is 5. The van der Waals surface area contributed by atoms with Gasteiger partial charge in [-0.1, -0.05) is 12.8 Å². The Labute approximate surface area is 137 Å². The first kappa shape index (κ1) is 16.0. The van der Waals surface area contributed by atoms with Crippen molar-refractivity contribution in [1.82, 2.24) is 14.9 Å². The Morgan fingerprint density at radius 3 is 2.65 bits per heavy atom. The molecule has 1 aliphatic carbocycles. The van der Waals surface area contributed by atoms with Crippen LogP contribution in [0.1, 0.15) is 44.9 Å². The molecule has 1 unspecified atom stereocenters. The van der Waals surface area contributed by atoms with Gasteiger partial charge in [0.2, 0.25) is 5.91 Å². The zero-order chi connectivity index (χ0) is 16.1. The van der Waals surface area contributed by atoms with Gasteiger partial charge in [0.15, 0.2) is 0 Å². The molecule has 2 fully saturated rings. The average Bonchev–Trinajstić information content (AvgIpc) is 3.08. The Hall–Kier alpha value is -1.85. The second kappa shape index (κ2) is 7.62. The summed E-state index contributed by atoms with van der Waals surface area (Å²) in [6, 6.07) is 0. The van der Waals surface area contributed by atoms with Crippen molar-refractivity contribution in [2.75, 3.05) is 20.2 Å². The van der Waals surface area contributed by atoms with Crippen LogP contribution >= 0.6 is 0 Å². The number of carbonyl (C=O) groups excluding carboxylic acids is 1. The minimum absolute atomic E-state index is 0.0399. The van der Waals surface area contributed by atoms with E-state index >= 15 is 0 Å². The predicted molar refractivity (Wildman–Crippen MR) is 85.4 cm³/mol. The molecule has 1 saturated carbocycles. The fourth-order valence-corrected chi connectivity index (χ4v) is 3.54. The lowest BCUT2D eigenvalue weighted by molar-refractivity contribution is -0.134. The lowest BCUT2D eigenvalue weighted by Crippen LogP contribution is -2.44. The molecule has 1 saturated heterocycles. The summed E-state index contributed by atoms with van der Waals surface area (Å²) in [6.45, 7) is 1.47. The van der Waals surface area contributed by atoms with Crippen LogP contribution in [0.4, 0.5) is 0 Å². The zero-order valence-corrected chi connectivity index (χ0v) is 13.7. The van der Waals surface area contributed by atoms with Crippen molar-refractivity contribution < 1.29 is 14.3 Å². The quantitative estimate of drug-likeness (QED) is 0.834. The number of rotatable bonds is 5. The van der Waals surface area contributed by atoms with Gasteiger partial charge in [0.1, 0.15) is 6.10 Å². The summed E-state index contributed by atoms with van der Waals surface area (Å²) in [6.07, 6.45) is 10.7. The molecule has 0 radical (unpaired) electrons. The molecule has 0 bridgehead atoms. The highest BCUT2D eigenvalue weighted by molar-refractivity contribution is 5.76. The molecule has 1 amide bonds. The largest absolute Gasteiger partial charge is 0.477 e. The zero-order valence-electron chi connectivity index (χ0n) is 13.7. The molecule has 0 N–H and O–H groups in total. The lowest BCUT2D eigenvalue weighted by Gasteiger charge is -2.33. The molecular formula is C17H25N3O3. The van der Waals surface area contributed by atoms with E-state index in [1.165, 1.54) is 25.7 Å². The van der Waals surface area contributed by atoms with Crippen LogP contribution in [0, 0.1) is 5.92 Å². The molecule has 0 aromatic carbocycles. The van der Waals surface area contributed by atoms with Crippen molar-refractivity contribution in [3.63, 3.8) is 0 Å². The molecule has 1 atom stereocenters. The highest BCUT2D eigenvalue weighted by Crippen LogP contribution is 2.29. The van der Waals surface area contributed by atoms with E-state index in [-0.39, 0.29) is 12.0 Å². The van der Waals surface area contributed by atoms with Crippen molar-refractivity contribution in [3.05, 3.63) is 12.4 Å². The summed E-state index contributed by atoms with van der Waals surface area (Å²) in [7, 11) is 1.55. The maximum atomic E-state index is 12.5. The minimum Gasteiger partial charge on any atom is -0.477 e. The highest BCUT2D eigenvalue weighted by atomic mass is 16.5. The third kappa shape index (κ3) is 4.12. The van der Waals surface area contributed by atoms with E-state index in [0.717, 1.165) is 19.4 Å². The number of ether oxygens (including phenoxy) is 2. The van der Waals surface area contributed by atoms with Gasteiger partial charge in [-0.05, 0) is 31.6 Å². The van der Waals surface area contributed by atoms with Crippen LogP contribution in [0.25, 0.3) is 0 Å². The van der Waals surface area contributed by atoms with Crippen molar-refractivity contribution in [2.45, 2.75) is 51.0 Å². The number of aromatic nitrogens is 2. The van der Waals surface area contributed by atoms with Crippen LogP contribution < -0.4 is 9.47 Å². The van der Waals surface area contributed by atoms with E-state index in [9.17, 15) is 4.79 Å². The predicted octanol–water partition coefficient (Wildman–Crippen LogP) is 2.44. The number of carbonyl (C=O) groups is 1. The van der Waals surface area contributed by atoms with Gasteiger partial charge in [-0.3, -0.25) is 4.79 Å². The molecule has 1 aliphatic heterocycles. The third-order valence-corrected chi connectivity index (χ3v) is 4.77. The topological polar surface area (TPSA) is 64.6 Å². The summed E-state index contributed by atoms with van der Waals surface area (Å²) in [5.41, 5.74) is 0. The Morgan fingerprint density at radius 1 is 1.17 bits per heavy atom. The smallest absolute Gasteiger partial charge is 0.278 e. The van der Waals surface area contributed by atoms with E-state index in [0.29, 0.717) is 30.6 Å². The standard InChI is InChI=1S/C17H25N3O3/c1-22-16-17(19-9-8-18-16)23-14-7-4-10-20(12-14)15(21)11-13-5-2-3-6-13/h8-9,13-14H,2-7,10-12H2,1H3. The second-order valence-corrected chi connectivity index (χ2v) is 6.45. The van der Waals surface area contributed by atoms with E-state index in [2.05, 4.69) is 9.97 Å². The number of hydrogen-bond donors (Lipinski definition) is 0. The fourth-order valence-electron chi connectivity index (χ4n) is 3.54. The number of likely N-dealkylation sites (tertiary alicyclic amines) is 1. The number of amides is 1. The molecule has 6 nitrogen and oxygen atoms in total. The summed E-state index contributed by atoms with van der Waals surface area (Å²) in [5.74, 6) is 1.66. The molecule has 126 valence electrons. The minimum atomic E-state index is -0.0399. The van der Waals surface area contributed by atoms with Crippen LogP contribution in [-0.4, -0.2) is 47.1 Å². The van der Waals surface area contributed by atoms with Crippen molar-refractivity contribution in [1.29, 1.82) is 0 Å². The molecule has 2 heterocycles. The van der Waals surface area contributed by atoms with E-state index in [1.807, 2.05) is 4.90 Å². The maximum Gasteiger partial charge on any atom is 0.278 e. The van der Waals surface area contributed by atoms with Crippen molar-refractivity contribution >= 4 is 5.91 Å². The van der Waals surface area contributed by atoms with Crippen LogP contribution in [0.3, 0.4) is 0 Å². The summed E-state index contributed by atoms with van der Waals surface area (Å²) >= 11 is 0. The Bertz CT molecular complexity index is 532. The average molecular weight is 319 g/mol. The number of methoxy groups -OCH3 is 1. The molecule has 3 rings (SSSR count). The van der Waals surface area contributed by atoms with E-state index in [4.69, 9.17) is 9.47 Å². The molecule has 2 aliphatic rings. The van der Waals surface area contributed by atoms with E-state index in [1.54, 1.807) is 19.5 Å². The molecule has 1 aromatic rings. The van der Waals surface area contributed by atoms with Gasteiger partial charge in [-0.2, -0.15) is 0 Å². The fraction of sp³-hybridized carbons (Fsp3) is 0.706. The van der Waals surface area contributed by atoms with Gasteiger partial charge >= 0.3 is 0 Å². The molecular weight excluding hydrogens is 294 g/mol. The second-order valence-electron chi connectivity index (χ2n) is 6.45. The first-order chi connectivity index (χ1) is 11.3. The molecule has 23 heavy (non-hydrogen) atoms. The van der Waals surface area contributed by atoms with Crippen LogP contribution in [0.5, 0.6) is 11.8 Å². The van der Waals surface area contributed by atoms with Gasteiger partial charge in [-0.15, -0.1) is 0 Å². The van der Waals surface area contributed by atoms with Gasteiger partial charge < -0.3 is 14.4 Å². The lowest BCUT2D eigenvalue weighted by atomic mass is 10.0. The number of piperidine rings is 1. The SMILES string of the molecule is COc1nccnc1OC1CCCN(C(=O)CC2CCCC2)C1. The maximum absolute atomic E-state index is 12.5. The first-order valence-electron chi connectivity index (χ1n) is 8.55. The summed E-state index contributed by atoms with van der Waals surface area (Å²) in [4.78, 5) is 22.7. The van der Waals surface area contributed by atoms with Gasteiger partial charge in [0, 0.05) is 25.4 Å². The Morgan fingerprint density at radius 2 is 1.91 bits per heavy atom. The van der Waals surface area contributed by atoms with Gasteiger partial charge in [0.25, 0.3) is 11.8 Å². The normalized spacial score (nSPS) is 22.1. The van der Waals surface area contributed by atoms with Crippen LogP contribution in [0.2, 0.25) is 0 Å². The van der Waals surface area contributed by atoms with Crippen LogP contribution in [0.15, 0.2) is 12.4 Å². The first-order valence-corrected chi connectivity index (χ1v) is 8.55. The molecule has 1 aromatic heterocycles. The van der Waals surface area contributed by atoms with Gasteiger partial charge in [0.05, 0.1) is 13.7 Å². The van der Waals surface area contributed by atoms with Crippen molar-refractivity contribution in [2.24, 2.45) is 5.92 Å². The number of nitrogens with zero attached hydrogens (tertiary/aromatic N) is 3. The summed E-state index contributed by atoms with van der Waals surface area (Å²) in [5, 5.41) is 0. The van der Waals surface area contributed by atoms with Gasteiger partial charge in [-0.25, -0.2) is 9.97 Å². The van der Waals surface area contributed by atoms with E-state index < -0.39 is 0 Å². The third-order valence-electron chi connectivity index (χ3n) is 4.77. The Kier molecular flexibility index (Phi) is 5.31. The van der Waals surface area contributed by atoms with Crippen LogP contribution in [-0.2, 0) is 4.79 Å². The Balaban J connectivity index is 1.56.